The van der Waals surface area contributed by atoms with Crippen LogP contribution in [0.25, 0.3) is 11.8 Å². The van der Waals surface area contributed by atoms with E-state index in [4.69, 9.17) is 10.1 Å². The second-order valence-corrected chi connectivity index (χ2v) is 9.70. The SMILES string of the molecule is CCCCCCC1=NN2C(=N)C(=Cc3cc(C)n(-c4cc(C)ccc4OC)c3C)C(=O)N=C2S1. The normalized spacial score (nSPS) is 16.7. The molecule has 3 heterocycles. The molecule has 0 unspecified atom stereocenters. The Labute approximate surface area is 205 Å². The van der Waals surface area contributed by atoms with Gasteiger partial charge in [-0.3, -0.25) is 10.2 Å². The average molecular weight is 478 g/mol. The summed E-state index contributed by atoms with van der Waals surface area (Å²) in [6.07, 6.45) is 7.20. The quantitative estimate of drug-likeness (QED) is 0.373. The molecule has 178 valence electrons. The summed E-state index contributed by atoms with van der Waals surface area (Å²) in [6, 6.07) is 8.08. The lowest BCUT2D eigenvalue weighted by molar-refractivity contribution is -0.114. The van der Waals surface area contributed by atoms with E-state index in [9.17, 15) is 4.79 Å². The van der Waals surface area contributed by atoms with E-state index in [1.165, 1.54) is 29.6 Å². The summed E-state index contributed by atoms with van der Waals surface area (Å²) in [6.45, 7) is 8.26. The molecule has 0 spiro atoms. The highest BCUT2D eigenvalue weighted by atomic mass is 32.2. The van der Waals surface area contributed by atoms with Gasteiger partial charge < -0.3 is 9.30 Å². The second kappa shape index (κ2) is 10.0. The second-order valence-electron chi connectivity index (χ2n) is 8.66. The van der Waals surface area contributed by atoms with E-state index in [0.29, 0.717) is 5.17 Å². The predicted molar refractivity (Wildman–Crippen MR) is 140 cm³/mol. The Balaban J connectivity index is 1.64. The predicted octanol–water partition coefficient (Wildman–Crippen LogP) is 6.00. The van der Waals surface area contributed by atoms with E-state index in [1.54, 1.807) is 13.2 Å². The Morgan fingerprint density at radius 3 is 2.68 bits per heavy atom. The highest BCUT2D eigenvalue weighted by Gasteiger charge is 2.35. The number of thioether (sulfide) groups is 1. The summed E-state index contributed by atoms with van der Waals surface area (Å²) < 4.78 is 7.70. The molecule has 2 aliphatic rings. The molecule has 1 aromatic heterocycles. The van der Waals surface area contributed by atoms with Crippen molar-refractivity contribution in [1.29, 1.82) is 5.41 Å². The zero-order valence-electron chi connectivity index (χ0n) is 20.4. The number of rotatable bonds is 8. The van der Waals surface area contributed by atoms with Crippen molar-refractivity contribution < 1.29 is 9.53 Å². The third-order valence-electron chi connectivity index (χ3n) is 6.09. The fourth-order valence-corrected chi connectivity index (χ4v) is 5.20. The molecule has 8 heteroatoms. The number of fused-ring (bicyclic) bond motifs is 1. The lowest BCUT2D eigenvalue weighted by atomic mass is 10.1. The van der Waals surface area contributed by atoms with E-state index in [-0.39, 0.29) is 11.4 Å². The molecule has 4 rings (SSSR count). The van der Waals surface area contributed by atoms with Gasteiger partial charge >= 0.3 is 0 Å². The van der Waals surface area contributed by atoms with Crippen molar-refractivity contribution in [3.8, 4) is 11.4 Å². The molecule has 1 N–H and O–H groups in total. The number of unbranched alkanes of at least 4 members (excludes halogenated alkanes) is 3. The van der Waals surface area contributed by atoms with Gasteiger partial charge in [-0.25, -0.2) is 0 Å². The van der Waals surface area contributed by atoms with Crippen molar-refractivity contribution in [3.63, 3.8) is 0 Å². The summed E-state index contributed by atoms with van der Waals surface area (Å²) in [5.74, 6) is 0.449. The fraction of sp³-hybridized carbons (Fsp3) is 0.385. The third-order valence-corrected chi connectivity index (χ3v) is 7.05. The van der Waals surface area contributed by atoms with Gasteiger partial charge in [0.05, 0.1) is 18.4 Å². The van der Waals surface area contributed by atoms with Crippen molar-refractivity contribution in [3.05, 3.63) is 52.4 Å². The molecule has 2 aromatic rings. The molecule has 0 atom stereocenters. The highest BCUT2D eigenvalue weighted by molar-refractivity contribution is 8.26. The number of benzene rings is 1. The van der Waals surface area contributed by atoms with Crippen LogP contribution >= 0.6 is 11.8 Å². The lowest BCUT2D eigenvalue weighted by Crippen LogP contribution is -2.35. The fourth-order valence-electron chi connectivity index (χ4n) is 4.27. The molecule has 2 aliphatic heterocycles. The van der Waals surface area contributed by atoms with Gasteiger partial charge in [-0.1, -0.05) is 32.3 Å². The number of amidine groups is 2. The molecular formula is C26H31N5O2S. The number of carbonyl (C=O) groups is 1. The Morgan fingerprint density at radius 2 is 1.94 bits per heavy atom. The van der Waals surface area contributed by atoms with Crippen LogP contribution in [0, 0.1) is 26.2 Å². The smallest absolute Gasteiger partial charge is 0.283 e. The number of nitrogens with one attached hydrogen (secondary N) is 1. The topological polar surface area (TPSA) is 83.0 Å². The molecule has 1 amide bonds. The Bertz CT molecular complexity index is 1240. The number of amides is 1. The Morgan fingerprint density at radius 1 is 1.15 bits per heavy atom. The first-order valence-corrected chi connectivity index (χ1v) is 12.5. The van der Waals surface area contributed by atoms with E-state index < -0.39 is 5.91 Å². The first-order chi connectivity index (χ1) is 16.3. The lowest BCUT2D eigenvalue weighted by Gasteiger charge is -2.20. The number of aromatic nitrogens is 1. The van der Waals surface area contributed by atoms with Crippen LogP contribution in [0.4, 0.5) is 0 Å². The molecule has 0 aliphatic carbocycles. The van der Waals surface area contributed by atoms with Gasteiger partial charge in [0.15, 0.2) is 5.84 Å². The number of hydrogen-bond donors (Lipinski definition) is 1. The summed E-state index contributed by atoms with van der Waals surface area (Å²) in [5.41, 5.74) is 5.15. The number of aliphatic imine (C=N–C) groups is 1. The Kier molecular flexibility index (Phi) is 7.07. The van der Waals surface area contributed by atoms with Gasteiger partial charge in [0.2, 0.25) is 5.17 Å². The van der Waals surface area contributed by atoms with Gasteiger partial charge in [0.1, 0.15) is 10.8 Å². The maximum Gasteiger partial charge on any atom is 0.283 e. The molecule has 0 bridgehead atoms. The highest BCUT2D eigenvalue weighted by Crippen LogP contribution is 2.33. The number of methoxy groups -OCH3 is 1. The molecule has 34 heavy (non-hydrogen) atoms. The van der Waals surface area contributed by atoms with Crippen LogP contribution in [0.3, 0.4) is 0 Å². The molecule has 7 nitrogen and oxygen atoms in total. The summed E-state index contributed by atoms with van der Waals surface area (Å²) in [5, 5.41) is 16.2. The Hall–Kier alpha value is -3.13. The van der Waals surface area contributed by atoms with Gasteiger partial charge in [0.25, 0.3) is 5.91 Å². The summed E-state index contributed by atoms with van der Waals surface area (Å²) in [4.78, 5) is 17.1. The minimum atomic E-state index is -0.399. The van der Waals surface area contributed by atoms with Crippen LogP contribution in [-0.2, 0) is 4.79 Å². The van der Waals surface area contributed by atoms with Crippen LogP contribution in [-0.4, -0.2) is 38.6 Å². The maximum absolute atomic E-state index is 12.9. The minimum absolute atomic E-state index is 0.0731. The van der Waals surface area contributed by atoms with Crippen molar-refractivity contribution in [2.24, 2.45) is 10.1 Å². The summed E-state index contributed by atoms with van der Waals surface area (Å²) in [7, 11) is 1.66. The van der Waals surface area contributed by atoms with Crippen LogP contribution in [0.2, 0.25) is 0 Å². The number of ether oxygens (including phenoxy) is 1. The van der Waals surface area contributed by atoms with Crippen molar-refractivity contribution in [1.82, 2.24) is 9.58 Å². The van der Waals surface area contributed by atoms with Crippen LogP contribution in [0.5, 0.6) is 5.75 Å². The zero-order chi connectivity index (χ0) is 24.4. The van der Waals surface area contributed by atoms with E-state index in [2.05, 4.69) is 27.7 Å². The first kappa shape index (κ1) is 24.0. The molecule has 0 saturated heterocycles. The monoisotopic (exact) mass is 477 g/mol. The third kappa shape index (κ3) is 4.59. The standard InChI is InChI=1S/C26H31N5O2S/c1-6-7-8-9-10-23-29-31-24(27)20(25(32)28-26(31)34-23)15-19-14-17(3)30(18(19)4)21-13-16(2)11-12-22(21)33-5/h11-15,27H,6-10H2,1-5H3. The van der Waals surface area contributed by atoms with Crippen molar-refractivity contribution >= 4 is 39.8 Å². The van der Waals surface area contributed by atoms with Crippen LogP contribution < -0.4 is 4.74 Å². The van der Waals surface area contributed by atoms with Gasteiger partial charge in [-0.15, -0.1) is 0 Å². The zero-order valence-corrected chi connectivity index (χ0v) is 21.3. The number of carbonyl (C=O) groups excluding carboxylic acids is 1. The average Bonchev–Trinajstić information content (AvgIpc) is 3.33. The van der Waals surface area contributed by atoms with E-state index in [0.717, 1.165) is 58.3 Å². The maximum atomic E-state index is 12.9. The summed E-state index contributed by atoms with van der Waals surface area (Å²) >= 11 is 1.40. The van der Waals surface area contributed by atoms with E-state index in [1.807, 2.05) is 39.0 Å². The molecule has 0 saturated carbocycles. The number of hydrogen-bond acceptors (Lipinski definition) is 5. The number of hydrazone groups is 1. The largest absolute Gasteiger partial charge is 0.495 e. The van der Waals surface area contributed by atoms with E-state index >= 15 is 0 Å². The number of nitrogens with zero attached hydrogens (tertiary/aromatic N) is 4. The van der Waals surface area contributed by atoms with Crippen molar-refractivity contribution in [2.75, 3.05) is 7.11 Å². The molecule has 0 radical (unpaired) electrons. The van der Waals surface area contributed by atoms with Gasteiger partial charge in [-0.2, -0.15) is 15.1 Å². The van der Waals surface area contributed by atoms with Gasteiger partial charge in [0, 0.05) is 11.4 Å². The first-order valence-electron chi connectivity index (χ1n) is 11.7. The molecule has 0 fully saturated rings. The minimum Gasteiger partial charge on any atom is -0.495 e. The van der Waals surface area contributed by atoms with Gasteiger partial charge in [-0.05, 0) is 80.8 Å². The molecule has 1 aromatic carbocycles. The van der Waals surface area contributed by atoms with Crippen LogP contribution in [0.1, 0.15) is 61.5 Å². The van der Waals surface area contributed by atoms with Crippen molar-refractivity contribution in [2.45, 2.75) is 59.8 Å². The van der Waals surface area contributed by atoms with Crippen LogP contribution in [0.15, 0.2) is 39.9 Å². The molecular weight excluding hydrogens is 446 g/mol. The number of aryl methyl sites for hydroxylation is 2.